The SMILES string of the molecule is C/C=C(\CF)c1ccc(OC)cc1. The maximum absolute atomic E-state index is 12.4. The zero-order valence-corrected chi connectivity index (χ0v) is 7.88. The van der Waals surface area contributed by atoms with Crippen LogP contribution in [0.25, 0.3) is 5.57 Å². The van der Waals surface area contributed by atoms with Crippen LogP contribution >= 0.6 is 0 Å². The Hall–Kier alpha value is -1.31. The maximum atomic E-state index is 12.4. The van der Waals surface area contributed by atoms with E-state index < -0.39 is 6.67 Å². The molecular formula is C11H13FO. The maximum Gasteiger partial charge on any atom is 0.118 e. The largest absolute Gasteiger partial charge is 0.497 e. The van der Waals surface area contributed by atoms with Gasteiger partial charge in [0.1, 0.15) is 12.4 Å². The van der Waals surface area contributed by atoms with Gasteiger partial charge in [-0.15, -0.1) is 0 Å². The average molecular weight is 180 g/mol. The van der Waals surface area contributed by atoms with Crippen LogP contribution in [0.1, 0.15) is 12.5 Å². The summed E-state index contributed by atoms with van der Waals surface area (Å²) in [6.07, 6.45) is 1.78. The Bertz CT molecular complexity index is 287. The van der Waals surface area contributed by atoms with Gasteiger partial charge in [-0.2, -0.15) is 0 Å². The van der Waals surface area contributed by atoms with E-state index in [0.29, 0.717) is 5.57 Å². The van der Waals surface area contributed by atoms with Gasteiger partial charge in [0.05, 0.1) is 7.11 Å². The summed E-state index contributed by atoms with van der Waals surface area (Å²) in [5.41, 5.74) is 1.62. The van der Waals surface area contributed by atoms with Crippen molar-refractivity contribution < 1.29 is 9.13 Å². The highest BCUT2D eigenvalue weighted by molar-refractivity contribution is 5.66. The van der Waals surface area contributed by atoms with E-state index in [4.69, 9.17) is 4.74 Å². The van der Waals surface area contributed by atoms with E-state index in [1.807, 2.05) is 31.2 Å². The van der Waals surface area contributed by atoms with Gasteiger partial charge in [-0.3, -0.25) is 0 Å². The predicted molar refractivity (Wildman–Crippen MR) is 52.6 cm³/mol. The van der Waals surface area contributed by atoms with Crippen molar-refractivity contribution in [1.29, 1.82) is 0 Å². The predicted octanol–water partition coefficient (Wildman–Crippen LogP) is 3.07. The molecule has 0 amide bonds. The first kappa shape index (κ1) is 9.78. The van der Waals surface area contributed by atoms with Gasteiger partial charge in [0, 0.05) is 0 Å². The summed E-state index contributed by atoms with van der Waals surface area (Å²) >= 11 is 0. The lowest BCUT2D eigenvalue weighted by atomic mass is 10.1. The quantitative estimate of drug-likeness (QED) is 0.694. The van der Waals surface area contributed by atoms with Crippen LogP contribution in [0.15, 0.2) is 30.3 Å². The monoisotopic (exact) mass is 180 g/mol. The first-order valence-electron chi connectivity index (χ1n) is 4.17. The fourth-order valence-electron chi connectivity index (χ4n) is 1.13. The molecule has 0 saturated carbocycles. The number of rotatable bonds is 3. The molecule has 2 heteroatoms. The zero-order valence-electron chi connectivity index (χ0n) is 7.88. The standard InChI is InChI=1S/C11H13FO/c1-3-9(8-12)10-4-6-11(13-2)7-5-10/h3-7H,8H2,1-2H3/b9-3+. The minimum Gasteiger partial charge on any atom is -0.497 e. The van der Waals surface area contributed by atoms with Crippen LogP contribution in [0.3, 0.4) is 0 Å². The fourth-order valence-corrected chi connectivity index (χ4v) is 1.13. The minimum atomic E-state index is -0.428. The van der Waals surface area contributed by atoms with E-state index in [0.717, 1.165) is 11.3 Å². The molecule has 1 aromatic carbocycles. The molecular weight excluding hydrogens is 167 g/mol. The lowest BCUT2D eigenvalue weighted by molar-refractivity contribution is 0.414. The fraction of sp³-hybridized carbons (Fsp3) is 0.273. The van der Waals surface area contributed by atoms with Gasteiger partial charge < -0.3 is 4.74 Å². The number of hydrogen-bond acceptors (Lipinski definition) is 1. The Morgan fingerprint density at radius 3 is 2.38 bits per heavy atom. The van der Waals surface area contributed by atoms with Crippen molar-refractivity contribution in [3.63, 3.8) is 0 Å². The molecule has 70 valence electrons. The number of alkyl halides is 1. The topological polar surface area (TPSA) is 9.23 Å². The molecule has 13 heavy (non-hydrogen) atoms. The van der Waals surface area contributed by atoms with Crippen LogP contribution < -0.4 is 4.74 Å². The lowest BCUT2D eigenvalue weighted by Gasteiger charge is -2.03. The number of allylic oxidation sites excluding steroid dienone is 2. The van der Waals surface area contributed by atoms with Gasteiger partial charge in [-0.1, -0.05) is 18.2 Å². The Kier molecular flexibility index (Phi) is 3.50. The van der Waals surface area contributed by atoms with Crippen molar-refractivity contribution in [3.05, 3.63) is 35.9 Å². The van der Waals surface area contributed by atoms with Crippen molar-refractivity contribution >= 4 is 5.57 Å². The Labute approximate surface area is 77.8 Å². The Morgan fingerprint density at radius 1 is 1.38 bits per heavy atom. The van der Waals surface area contributed by atoms with E-state index in [-0.39, 0.29) is 0 Å². The summed E-state index contributed by atoms with van der Waals surface area (Å²) < 4.78 is 17.4. The molecule has 0 bridgehead atoms. The summed E-state index contributed by atoms with van der Waals surface area (Å²) in [6.45, 7) is 1.40. The summed E-state index contributed by atoms with van der Waals surface area (Å²) in [5, 5.41) is 0. The molecule has 0 aliphatic rings. The minimum absolute atomic E-state index is 0.428. The number of ether oxygens (including phenoxy) is 1. The van der Waals surface area contributed by atoms with Crippen LogP contribution in [-0.4, -0.2) is 13.8 Å². The second-order valence-electron chi connectivity index (χ2n) is 2.68. The van der Waals surface area contributed by atoms with E-state index in [9.17, 15) is 4.39 Å². The molecule has 0 aliphatic heterocycles. The second kappa shape index (κ2) is 4.65. The smallest absolute Gasteiger partial charge is 0.118 e. The summed E-state index contributed by atoms with van der Waals surface area (Å²) in [6, 6.07) is 7.37. The van der Waals surface area contributed by atoms with Gasteiger partial charge in [-0.05, 0) is 30.2 Å². The number of benzene rings is 1. The third kappa shape index (κ3) is 2.31. The van der Waals surface area contributed by atoms with E-state index in [1.165, 1.54) is 0 Å². The zero-order chi connectivity index (χ0) is 9.68. The third-order valence-corrected chi connectivity index (χ3v) is 1.95. The number of methoxy groups -OCH3 is 1. The third-order valence-electron chi connectivity index (χ3n) is 1.95. The molecule has 0 aromatic heterocycles. The highest BCUT2D eigenvalue weighted by atomic mass is 19.1. The van der Waals surface area contributed by atoms with Gasteiger partial charge in [-0.25, -0.2) is 4.39 Å². The van der Waals surface area contributed by atoms with Gasteiger partial charge >= 0.3 is 0 Å². The molecule has 0 spiro atoms. The van der Waals surface area contributed by atoms with Crippen LogP contribution in [0.4, 0.5) is 4.39 Å². The highest BCUT2D eigenvalue weighted by Gasteiger charge is 1.99. The molecule has 1 aromatic rings. The van der Waals surface area contributed by atoms with Gasteiger partial charge in [0.2, 0.25) is 0 Å². The van der Waals surface area contributed by atoms with E-state index in [2.05, 4.69) is 0 Å². The molecule has 0 N–H and O–H groups in total. The van der Waals surface area contributed by atoms with Crippen LogP contribution in [-0.2, 0) is 0 Å². The summed E-state index contributed by atoms with van der Waals surface area (Å²) in [7, 11) is 1.61. The van der Waals surface area contributed by atoms with E-state index in [1.54, 1.807) is 13.2 Å². The first-order chi connectivity index (χ1) is 6.31. The van der Waals surface area contributed by atoms with Gasteiger partial charge in [0.15, 0.2) is 0 Å². The van der Waals surface area contributed by atoms with Gasteiger partial charge in [0.25, 0.3) is 0 Å². The van der Waals surface area contributed by atoms with Crippen LogP contribution in [0.5, 0.6) is 5.75 Å². The molecule has 0 fully saturated rings. The van der Waals surface area contributed by atoms with Crippen molar-refractivity contribution in [2.45, 2.75) is 6.92 Å². The number of hydrogen-bond donors (Lipinski definition) is 0. The summed E-state index contributed by atoms with van der Waals surface area (Å²) in [4.78, 5) is 0. The second-order valence-corrected chi connectivity index (χ2v) is 2.68. The number of halogens is 1. The molecule has 0 unspecified atom stereocenters. The molecule has 0 radical (unpaired) electrons. The molecule has 1 nitrogen and oxygen atoms in total. The van der Waals surface area contributed by atoms with Crippen molar-refractivity contribution in [2.24, 2.45) is 0 Å². The Balaban J connectivity index is 2.91. The highest BCUT2D eigenvalue weighted by Crippen LogP contribution is 2.18. The van der Waals surface area contributed by atoms with Crippen molar-refractivity contribution in [3.8, 4) is 5.75 Å². The Morgan fingerprint density at radius 2 is 2.00 bits per heavy atom. The van der Waals surface area contributed by atoms with Crippen LogP contribution in [0, 0.1) is 0 Å². The molecule has 0 atom stereocenters. The molecule has 0 aliphatic carbocycles. The van der Waals surface area contributed by atoms with Crippen molar-refractivity contribution in [2.75, 3.05) is 13.8 Å². The molecule has 0 saturated heterocycles. The molecule has 1 rings (SSSR count). The van der Waals surface area contributed by atoms with E-state index >= 15 is 0 Å². The first-order valence-corrected chi connectivity index (χ1v) is 4.17. The normalized spacial score (nSPS) is 11.5. The summed E-state index contributed by atoms with van der Waals surface area (Å²) in [5.74, 6) is 0.790. The lowest BCUT2D eigenvalue weighted by Crippen LogP contribution is -1.87. The van der Waals surface area contributed by atoms with Crippen molar-refractivity contribution in [1.82, 2.24) is 0 Å². The van der Waals surface area contributed by atoms with Crippen LogP contribution in [0.2, 0.25) is 0 Å². The molecule has 0 heterocycles. The average Bonchev–Trinajstić information content (AvgIpc) is 2.21.